The Kier molecular flexibility index (Phi) is 12.5. The minimum absolute atomic E-state index is 0.0609. The zero-order chi connectivity index (χ0) is 25.8. The monoisotopic (exact) mass is 500 g/mol. The first-order valence-electron chi connectivity index (χ1n) is 14.8. The lowest BCUT2D eigenvalue weighted by molar-refractivity contribution is -0.167. The number of hydrogen-bond acceptors (Lipinski definition) is 5. The molecule has 3 fully saturated rings. The van der Waals surface area contributed by atoms with Crippen LogP contribution in [0.5, 0.6) is 0 Å². The van der Waals surface area contributed by atoms with Crippen molar-refractivity contribution in [2.75, 3.05) is 6.79 Å². The Bertz CT molecular complexity index is 728. The number of nitriles is 1. The molecule has 4 atom stereocenters. The van der Waals surface area contributed by atoms with Crippen LogP contribution < -0.4 is 0 Å². The molecule has 3 aliphatic carbocycles. The van der Waals surface area contributed by atoms with Crippen molar-refractivity contribution in [3.05, 3.63) is 11.4 Å². The lowest BCUT2D eigenvalue weighted by atomic mass is 9.79. The van der Waals surface area contributed by atoms with E-state index >= 15 is 0 Å². The van der Waals surface area contributed by atoms with Gasteiger partial charge in [0.05, 0.1) is 24.2 Å². The molecular weight excluding hydrogens is 452 g/mol. The Labute approximate surface area is 219 Å². The molecule has 0 heterocycles. The third-order valence-electron chi connectivity index (χ3n) is 8.94. The van der Waals surface area contributed by atoms with Crippen LogP contribution in [0.15, 0.2) is 0 Å². The van der Waals surface area contributed by atoms with Crippen molar-refractivity contribution in [3.63, 3.8) is 0 Å². The highest BCUT2D eigenvalue weighted by molar-refractivity contribution is 5.72. The average Bonchev–Trinajstić information content (AvgIpc) is 2.92. The van der Waals surface area contributed by atoms with E-state index in [-0.39, 0.29) is 30.9 Å². The normalized spacial score (nSPS) is 34.9. The van der Waals surface area contributed by atoms with Gasteiger partial charge in [0.2, 0.25) is 0 Å². The minimum atomic E-state index is -0.674. The molecule has 0 N–H and O–H groups in total. The summed E-state index contributed by atoms with van der Waals surface area (Å²) in [7, 11) is 0. The molecule has 0 bridgehead atoms. The summed E-state index contributed by atoms with van der Waals surface area (Å²) < 4.78 is 17.9. The molecule has 4 unspecified atom stereocenters. The van der Waals surface area contributed by atoms with Crippen LogP contribution in [-0.4, -0.2) is 37.1 Å². The maximum Gasteiger partial charge on any atom is 0.309 e. The Hall–Kier alpha value is -1.63. The molecule has 0 saturated heterocycles. The molecule has 0 aromatic heterocycles. The number of ether oxygens (including phenoxy) is 3. The molecule has 0 aromatic carbocycles. The highest BCUT2D eigenvalue weighted by Crippen LogP contribution is 2.36. The van der Waals surface area contributed by atoms with Gasteiger partial charge in [-0.25, -0.2) is 6.57 Å². The number of carbonyl (C=O) groups excluding carboxylic acids is 1. The number of nitrogens with zero attached hydrogens (tertiary/aromatic N) is 2. The number of esters is 1. The topological polar surface area (TPSA) is 72.9 Å². The van der Waals surface area contributed by atoms with Crippen molar-refractivity contribution in [1.29, 1.82) is 5.26 Å². The molecule has 3 saturated carbocycles. The number of unbranched alkanes of at least 4 members (excludes halogenated alkanes) is 2. The number of rotatable bonds is 12. The van der Waals surface area contributed by atoms with Gasteiger partial charge >= 0.3 is 5.97 Å². The lowest BCUT2D eigenvalue weighted by Gasteiger charge is -2.35. The summed E-state index contributed by atoms with van der Waals surface area (Å²) >= 11 is 0. The van der Waals surface area contributed by atoms with Gasteiger partial charge in [0.25, 0.3) is 6.04 Å². The van der Waals surface area contributed by atoms with Crippen molar-refractivity contribution >= 4 is 5.97 Å². The Morgan fingerprint density at radius 3 is 2.00 bits per heavy atom. The van der Waals surface area contributed by atoms with Crippen LogP contribution in [0, 0.1) is 41.6 Å². The van der Waals surface area contributed by atoms with E-state index in [4.69, 9.17) is 20.8 Å². The van der Waals surface area contributed by atoms with E-state index in [0.717, 1.165) is 50.4 Å². The molecule has 0 spiro atoms. The standard InChI is InChI=1S/C30H48N2O4/c1-4-6-8-22-10-14-24(15-11-22)30(33)36-28-19-18-27(26(20-31)29(28)32-3)35-21-34-25-16-12-23(13-17-25)9-7-5-2/h22-29H,4-19,21H2,1-2H3. The van der Waals surface area contributed by atoms with Crippen LogP contribution in [0.3, 0.4) is 0 Å². The summed E-state index contributed by atoms with van der Waals surface area (Å²) in [6.07, 6.45) is 16.7. The zero-order valence-corrected chi connectivity index (χ0v) is 22.7. The first-order valence-corrected chi connectivity index (χ1v) is 14.8. The first-order chi connectivity index (χ1) is 17.6. The Morgan fingerprint density at radius 1 is 0.861 bits per heavy atom. The second-order valence-corrected chi connectivity index (χ2v) is 11.5. The summed E-state index contributed by atoms with van der Waals surface area (Å²) in [5.41, 5.74) is 0. The second kappa shape index (κ2) is 15.6. The SMILES string of the molecule is [C-]#[N+]C1C(OC(=O)C2CCC(CCCC)CC2)CCC(OCOC2CCC(CCCC)CC2)C1C#N. The molecule has 6 heteroatoms. The van der Waals surface area contributed by atoms with Crippen LogP contribution in [0.4, 0.5) is 0 Å². The molecule has 0 radical (unpaired) electrons. The quantitative estimate of drug-likeness (QED) is 0.161. The van der Waals surface area contributed by atoms with E-state index in [2.05, 4.69) is 24.8 Å². The fraction of sp³-hybridized carbons (Fsp3) is 0.900. The molecule has 0 aromatic rings. The van der Waals surface area contributed by atoms with Crippen LogP contribution in [0.2, 0.25) is 0 Å². The van der Waals surface area contributed by atoms with E-state index < -0.39 is 18.1 Å². The zero-order valence-electron chi connectivity index (χ0n) is 22.7. The molecule has 202 valence electrons. The molecular formula is C30H48N2O4. The predicted octanol–water partition coefficient (Wildman–Crippen LogP) is 7.22. The van der Waals surface area contributed by atoms with Crippen LogP contribution in [0.25, 0.3) is 4.85 Å². The van der Waals surface area contributed by atoms with Crippen molar-refractivity contribution in [2.45, 2.75) is 141 Å². The van der Waals surface area contributed by atoms with Crippen molar-refractivity contribution in [1.82, 2.24) is 0 Å². The van der Waals surface area contributed by atoms with Gasteiger partial charge in [0.1, 0.15) is 6.79 Å². The summed E-state index contributed by atoms with van der Waals surface area (Å²) in [5.74, 6) is 0.735. The van der Waals surface area contributed by atoms with Crippen molar-refractivity contribution in [3.8, 4) is 6.07 Å². The molecule has 0 aliphatic heterocycles. The third kappa shape index (κ3) is 8.46. The molecule has 3 rings (SSSR count). The van der Waals surface area contributed by atoms with Crippen LogP contribution >= 0.6 is 0 Å². The highest BCUT2D eigenvalue weighted by atomic mass is 16.7. The number of carbonyl (C=O) groups is 1. The smallest absolute Gasteiger partial charge is 0.309 e. The Balaban J connectivity index is 1.41. The first kappa shape index (κ1) is 28.9. The van der Waals surface area contributed by atoms with E-state index in [1.54, 1.807) is 0 Å². The van der Waals surface area contributed by atoms with Gasteiger partial charge < -0.3 is 19.1 Å². The van der Waals surface area contributed by atoms with Crippen LogP contribution in [0.1, 0.15) is 117 Å². The van der Waals surface area contributed by atoms with Crippen molar-refractivity contribution in [2.24, 2.45) is 23.7 Å². The third-order valence-corrected chi connectivity index (χ3v) is 8.94. The predicted molar refractivity (Wildman–Crippen MR) is 140 cm³/mol. The summed E-state index contributed by atoms with van der Waals surface area (Å²) in [6.45, 7) is 12.4. The number of hydrogen-bond donors (Lipinski definition) is 0. The fourth-order valence-corrected chi connectivity index (χ4v) is 6.50. The molecule has 0 amide bonds. The van der Waals surface area contributed by atoms with E-state index in [9.17, 15) is 10.1 Å². The van der Waals surface area contributed by atoms with Gasteiger partial charge in [0, 0.05) is 0 Å². The van der Waals surface area contributed by atoms with Gasteiger partial charge in [-0.3, -0.25) is 4.79 Å². The second-order valence-electron chi connectivity index (χ2n) is 11.5. The van der Waals surface area contributed by atoms with Crippen LogP contribution in [-0.2, 0) is 19.0 Å². The average molecular weight is 501 g/mol. The highest BCUT2D eigenvalue weighted by Gasteiger charge is 2.48. The van der Waals surface area contributed by atoms with Gasteiger partial charge in [-0.15, -0.1) is 0 Å². The minimum Gasteiger partial charge on any atom is -0.454 e. The summed E-state index contributed by atoms with van der Waals surface area (Å²) in [6, 6.07) is 1.62. The molecule has 3 aliphatic rings. The van der Waals surface area contributed by atoms with Gasteiger partial charge in [-0.2, -0.15) is 5.26 Å². The summed E-state index contributed by atoms with van der Waals surface area (Å²) in [4.78, 5) is 16.6. The van der Waals surface area contributed by atoms with E-state index in [0.29, 0.717) is 12.8 Å². The molecule has 36 heavy (non-hydrogen) atoms. The van der Waals surface area contributed by atoms with Crippen molar-refractivity contribution < 1.29 is 19.0 Å². The fourth-order valence-electron chi connectivity index (χ4n) is 6.50. The molecule has 6 nitrogen and oxygen atoms in total. The maximum atomic E-state index is 12.9. The van der Waals surface area contributed by atoms with Gasteiger partial charge in [0.15, 0.2) is 12.0 Å². The van der Waals surface area contributed by atoms with E-state index in [1.165, 1.54) is 51.4 Å². The maximum absolute atomic E-state index is 12.9. The Morgan fingerprint density at radius 2 is 1.44 bits per heavy atom. The lowest BCUT2D eigenvalue weighted by Crippen LogP contribution is -2.46. The largest absolute Gasteiger partial charge is 0.454 e. The van der Waals surface area contributed by atoms with Gasteiger partial charge in [-0.1, -0.05) is 52.4 Å². The van der Waals surface area contributed by atoms with Gasteiger partial charge in [-0.05, 0) is 76.0 Å². The summed E-state index contributed by atoms with van der Waals surface area (Å²) in [5, 5.41) is 9.86. The van der Waals surface area contributed by atoms with E-state index in [1.807, 2.05) is 0 Å².